The fraction of sp³-hybridized carbons (Fsp3) is 0.417. The molecule has 2 aromatic carbocycles. The molecule has 6 heteroatoms. The van der Waals surface area contributed by atoms with E-state index in [0.717, 1.165) is 12.3 Å². The lowest BCUT2D eigenvalue weighted by atomic mass is 9.94. The third-order valence-corrected chi connectivity index (χ3v) is 5.62. The van der Waals surface area contributed by atoms with Crippen molar-refractivity contribution in [3.63, 3.8) is 0 Å². The number of benzene rings is 2. The molecule has 0 atom stereocenters. The number of methoxy groups -OCH3 is 1. The van der Waals surface area contributed by atoms with Crippen LogP contribution in [0, 0.1) is 0 Å². The summed E-state index contributed by atoms with van der Waals surface area (Å²) < 4.78 is 5.12. The zero-order valence-electron chi connectivity index (χ0n) is 17.8. The van der Waals surface area contributed by atoms with Gasteiger partial charge in [-0.05, 0) is 67.9 Å². The molecular formula is C24H31N3O3. The molecule has 0 saturated heterocycles. The van der Waals surface area contributed by atoms with Gasteiger partial charge in [0.25, 0.3) is 5.91 Å². The molecule has 1 fully saturated rings. The smallest absolute Gasteiger partial charge is 0.255 e. The Bertz CT molecular complexity index is 828. The second kappa shape index (κ2) is 10.8. The van der Waals surface area contributed by atoms with Crippen LogP contribution in [0.15, 0.2) is 48.5 Å². The third kappa shape index (κ3) is 6.07. The molecule has 2 N–H and O–H groups in total. The van der Waals surface area contributed by atoms with Crippen molar-refractivity contribution in [2.24, 2.45) is 0 Å². The zero-order valence-corrected chi connectivity index (χ0v) is 17.8. The van der Waals surface area contributed by atoms with E-state index in [4.69, 9.17) is 4.74 Å². The van der Waals surface area contributed by atoms with Gasteiger partial charge in [-0.25, -0.2) is 0 Å². The third-order valence-electron chi connectivity index (χ3n) is 5.62. The maximum atomic E-state index is 12.5. The number of hydrogen-bond acceptors (Lipinski definition) is 4. The topological polar surface area (TPSA) is 70.7 Å². The Morgan fingerprint density at radius 1 is 0.933 bits per heavy atom. The van der Waals surface area contributed by atoms with Gasteiger partial charge in [0.15, 0.2) is 0 Å². The molecule has 0 bridgehead atoms. The van der Waals surface area contributed by atoms with E-state index in [1.165, 1.54) is 32.1 Å². The number of likely N-dealkylation sites (N-methyl/N-ethyl adjacent to an activating group) is 1. The molecule has 1 aliphatic rings. The Kier molecular flexibility index (Phi) is 7.85. The quantitative estimate of drug-likeness (QED) is 0.671. The van der Waals surface area contributed by atoms with Gasteiger partial charge in [-0.3, -0.25) is 14.5 Å². The first kappa shape index (κ1) is 21.8. The van der Waals surface area contributed by atoms with E-state index < -0.39 is 0 Å². The molecule has 160 valence electrons. The maximum Gasteiger partial charge on any atom is 0.255 e. The lowest BCUT2D eigenvalue weighted by Gasteiger charge is -2.32. The van der Waals surface area contributed by atoms with Crippen LogP contribution in [-0.4, -0.2) is 43.0 Å². The van der Waals surface area contributed by atoms with E-state index in [9.17, 15) is 9.59 Å². The van der Waals surface area contributed by atoms with Crippen LogP contribution in [0.2, 0.25) is 0 Å². The van der Waals surface area contributed by atoms with Gasteiger partial charge in [0.2, 0.25) is 5.91 Å². The minimum absolute atomic E-state index is 0.0159. The van der Waals surface area contributed by atoms with Crippen molar-refractivity contribution in [3.05, 3.63) is 54.1 Å². The minimum Gasteiger partial charge on any atom is -0.497 e. The summed E-state index contributed by atoms with van der Waals surface area (Å²) in [6, 6.07) is 14.6. The predicted molar refractivity (Wildman–Crippen MR) is 120 cm³/mol. The van der Waals surface area contributed by atoms with Crippen LogP contribution in [-0.2, 0) is 4.79 Å². The fourth-order valence-corrected chi connectivity index (χ4v) is 3.91. The van der Waals surface area contributed by atoms with Gasteiger partial charge < -0.3 is 15.4 Å². The number of nitrogens with zero attached hydrogens (tertiary/aromatic N) is 1. The molecule has 30 heavy (non-hydrogen) atoms. The van der Waals surface area contributed by atoms with Crippen molar-refractivity contribution >= 4 is 23.2 Å². The number of ether oxygens (including phenoxy) is 1. The van der Waals surface area contributed by atoms with Crippen molar-refractivity contribution in [2.45, 2.75) is 45.1 Å². The predicted octanol–water partition coefficient (Wildman–Crippen LogP) is 4.54. The Hall–Kier alpha value is -2.86. The summed E-state index contributed by atoms with van der Waals surface area (Å²) in [5, 5.41) is 5.80. The molecule has 2 amide bonds. The summed E-state index contributed by atoms with van der Waals surface area (Å²) in [5.74, 6) is 0.517. The van der Waals surface area contributed by atoms with E-state index in [2.05, 4.69) is 22.5 Å². The molecule has 0 heterocycles. The molecule has 2 aromatic rings. The van der Waals surface area contributed by atoms with Crippen LogP contribution < -0.4 is 15.4 Å². The average molecular weight is 410 g/mol. The second-order valence-electron chi connectivity index (χ2n) is 7.66. The van der Waals surface area contributed by atoms with Gasteiger partial charge in [0, 0.05) is 23.0 Å². The highest BCUT2D eigenvalue weighted by atomic mass is 16.5. The van der Waals surface area contributed by atoms with E-state index in [-0.39, 0.29) is 11.8 Å². The van der Waals surface area contributed by atoms with Gasteiger partial charge in [-0.2, -0.15) is 0 Å². The van der Waals surface area contributed by atoms with E-state index >= 15 is 0 Å². The van der Waals surface area contributed by atoms with Crippen molar-refractivity contribution < 1.29 is 14.3 Å². The van der Waals surface area contributed by atoms with Crippen LogP contribution in [0.1, 0.15) is 49.4 Å². The minimum atomic E-state index is -0.201. The first-order chi connectivity index (χ1) is 14.6. The monoisotopic (exact) mass is 409 g/mol. The number of amides is 2. The molecule has 0 unspecified atom stereocenters. The van der Waals surface area contributed by atoms with Crippen LogP contribution in [0.4, 0.5) is 11.4 Å². The van der Waals surface area contributed by atoms with Crippen LogP contribution in [0.5, 0.6) is 5.75 Å². The van der Waals surface area contributed by atoms with Crippen LogP contribution in [0.3, 0.4) is 0 Å². The highest BCUT2D eigenvalue weighted by molar-refractivity contribution is 6.04. The zero-order chi connectivity index (χ0) is 21.3. The Balaban J connectivity index is 1.52. The van der Waals surface area contributed by atoms with E-state index in [0.29, 0.717) is 29.5 Å². The van der Waals surface area contributed by atoms with Gasteiger partial charge in [-0.15, -0.1) is 0 Å². The lowest BCUT2D eigenvalue weighted by Crippen LogP contribution is -2.41. The summed E-state index contributed by atoms with van der Waals surface area (Å²) in [7, 11) is 1.60. The normalized spacial score (nSPS) is 14.4. The molecule has 0 spiro atoms. The average Bonchev–Trinajstić information content (AvgIpc) is 2.79. The van der Waals surface area contributed by atoms with Gasteiger partial charge >= 0.3 is 0 Å². The molecule has 3 rings (SSSR count). The molecule has 0 radical (unpaired) electrons. The summed E-state index contributed by atoms with van der Waals surface area (Å²) in [6.45, 7) is 3.39. The molecule has 6 nitrogen and oxygen atoms in total. The first-order valence-corrected chi connectivity index (χ1v) is 10.7. The maximum absolute atomic E-state index is 12.5. The van der Waals surface area contributed by atoms with Crippen molar-refractivity contribution in [3.8, 4) is 5.75 Å². The molecule has 1 saturated carbocycles. The number of carbonyl (C=O) groups is 2. The van der Waals surface area contributed by atoms with Crippen LogP contribution in [0.25, 0.3) is 0 Å². The van der Waals surface area contributed by atoms with E-state index in [1.807, 2.05) is 0 Å². The van der Waals surface area contributed by atoms with Gasteiger partial charge in [0.1, 0.15) is 5.75 Å². The molecular weight excluding hydrogens is 378 g/mol. The SMILES string of the molecule is CCN(CC(=O)Nc1ccc(C(=O)Nc2ccc(OC)cc2)cc1)C1CCCCC1. The summed E-state index contributed by atoms with van der Waals surface area (Å²) >= 11 is 0. The molecule has 0 aromatic heterocycles. The number of nitrogens with one attached hydrogen (secondary N) is 2. The first-order valence-electron chi connectivity index (χ1n) is 10.7. The fourth-order valence-electron chi connectivity index (χ4n) is 3.91. The summed E-state index contributed by atoms with van der Waals surface area (Å²) in [5.41, 5.74) is 1.92. The van der Waals surface area contributed by atoms with Gasteiger partial charge in [0.05, 0.1) is 13.7 Å². The van der Waals surface area contributed by atoms with E-state index in [1.54, 1.807) is 55.6 Å². The van der Waals surface area contributed by atoms with Crippen LogP contribution >= 0.6 is 0 Å². The highest BCUT2D eigenvalue weighted by Gasteiger charge is 2.21. The largest absolute Gasteiger partial charge is 0.497 e. The molecule has 1 aliphatic carbocycles. The summed E-state index contributed by atoms with van der Waals surface area (Å²) in [6.07, 6.45) is 6.17. The molecule has 0 aliphatic heterocycles. The van der Waals surface area contributed by atoms with Crippen molar-refractivity contribution in [1.29, 1.82) is 0 Å². The lowest BCUT2D eigenvalue weighted by molar-refractivity contribution is -0.118. The van der Waals surface area contributed by atoms with Gasteiger partial charge in [-0.1, -0.05) is 26.2 Å². The standard InChI is InChI=1S/C24H31N3O3/c1-3-27(21-7-5-4-6-8-21)17-23(28)25-19-11-9-18(10-12-19)24(29)26-20-13-15-22(30-2)16-14-20/h9-16,21H,3-8,17H2,1-2H3,(H,25,28)(H,26,29). The Morgan fingerprint density at radius 2 is 1.53 bits per heavy atom. The highest BCUT2D eigenvalue weighted by Crippen LogP contribution is 2.22. The van der Waals surface area contributed by atoms with Crippen molar-refractivity contribution in [2.75, 3.05) is 30.8 Å². The Labute approximate surface area is 178 Å². The number of rotatable bonds is 8. The number of anilines is 2. The Morgan fingerprint density at radius 3 is 2.13 bits per heavy atom. The van der Waals surface area contributed by atoms with Crippen molar-refractivity contribution in [1.82, 2.24) is 4.90 Å². The number of carbonyl (C=O) groups excluding carboxylic acids is 2. The second-order valence-corrected chi connectivity index (χ2v) is 7.66. The summed E-state index contributed by atoms with van der Waals surface area (Å²) in [4.78, 5) is 27.2. The number of hydrogen-bond donors (Lipinski definition) is 2.